The minimum Gasteiger partial charge on any atom is -0.467 e. The maximum absolute atomic E-state index is 13.7. The molecule has 0 saturated carbocycles. The Morgan fingerprint density at radius 3 is 2.62 bits per heavy atom. The lowest BCUT2D eigenvalue weighted by atomic mass is 10.1. The molecule has 7 heteroatoms. The molecule has 2 heterocycles. The van der Waals surface area contributed by atoms with Crippen molar-refractivity contribution in [2.75, 3.05) is 13.1 Å². The number of carbonyl (C=O) groups is 1. The Morgan fingerprint density at radius 2 is 1.88 bits per heavy atom. The summed E-state index contributed by atoms with van der Waals surface area (Å²) in [6, 6.07) is 11.3. The third kappa shape index (κ3) is 3.39. The number of hydrogen-bond acceptors (Lipinski definition) is 4. The monoisotopic (exact) mass is 374 g/mol. The first-order chi connectivity index (χ1) is 12.6. The second kappa shape index (κ2) is 6.99. The van der Waals surface area contributed by atoms with E-state index in [-0.39, 0.29) is 17.5 Å². The highest BCUT2D eigenvalue weighted by Gasteiger charge is 2.25. The molecule has 0 spiro atoms. The smallest absolute Gasteiger partial charge is 0.274 e. The molecular weight excluding hydrogens is 358 g/mol. The van der Waals surface area contributed by atoms with E-state index in [0.717, 1.165) is 17.4 Å². The van der Waals surface area contributed by atoms with Crippen LogP contribution in [0.1, 0.15) is 23.2 Å². The molecule has 1 saturated heterocycles. The molecule has 1 fully saturated rings. The van der Waals surface area contributed by atoms with Crippen LogP contribution in [0.2, 0.25) is 0 Å². The van der Waals surface area contributed by atoms with Crippen LogP contribution in [0.15, 0.2) is 42.5 Å². The normalized spacial score (nSPS) is 15.4. The summed E-state index contributed by atoms with van der Waals surface area (Å²) in [5.74, 6) is -1.30. The summed E-state index contributed by atoms with van der Waals surface area (Å²) in [5, 5.41) is 0.331. The van der Waals surface area contributed by atoms with Gasteiger partial charge in [0.05, 0.1) is 4.70 Å². The van der Waals surface area contributed by atoms with E-state index < -0.39 is 11.6 Å². The average molecular weight is 374 g/mol. The highest BCUT2D eigenvalue weighted by atomic mass is 32.1. The van der Waals surface area contributed by atoms with Crippen molar-refractivity contribution in [1.29, 1.82) is 0 Å². The van der Waals surface area contributed by atoms with Crippen LogP contribution in [0.4, 0.5) is 8.78 Å². The van der Waals surface area contributed by atoms with Gasteiger partial charge in [0.15, 0.2) is 5.82 Å². The predicted octanol–water partition coefficient (Wildman–Crippen LogP) is 4.26. The Kier molecular flexibility index (Phi) is 4.55. The van der Waals surface area contributed by atoms with Gasteiger partial charge < -0.3 is 9.64 Å². The maximum atomic E-state index is 13.7. The van der Waals surface area contributed by atoms with Crippen LogP contribution in [0, 0.1) is 11.6 Å². The van der Waals surface area contributed by atoms with E-state index >= 15 is 0 Å². The number of ether oxygens (including phenoxy) is 1. The van der Waals surface area contributed by atoms with Crippen LogP contribution in [0.3, 0.4) is 0 Å². The molecule has 0 atom stereocenters. The van der Waals surface area contributed by atoms with Crippen molar-refractivity contribution in [3.05, 3.63) is 59.7 Å². The zero-order valence-electron chi connectivity index (χ0n) is 13.8. The molecule has 134 valence electrons. The van der Waals surface area contributed by atoms with Crippen molar-refractivity contribution in [3.8, 4) is 5.19 Å². The highest BCUT2D eigenvalue weighted by Crippen LogP contribution is 2.32. The number of aromatic nitrogens is 1. The van der Waals surface area contributed by atoms with Gasteiger partial charge in [-0.15, -0.1) is 0 Å². The first-order valence-electron chi connectivity index (χ1n) is 8.37. The summed E-state index contributed by atoms with van der Waals surface area (Å²) in [4.78, 5) is 18.4. The number of fused-ring (bicyclic) bond motifs is 1. The number of nitrogens with zero attached hydrogens (tertiary/aromatic N) is 2. The van der Waals surface area contributed by atoms with Crippen molar-refractivity contribution in [2.24, 2.45) is 0 Å². The standard InChI is InChI=1S/C19H16F2N2O2S/c20-13-10-15(21)17-16(11-13)26-19(22-17)25-14-6-8-23(9-7-14)18(24)12-4-2-1-3-5-12/h1-5,10-11,14H,6-9H2. The SMILES string of the molecule is O=C(c1ccccc1)N1CCC(Oc2nc3c(F)cc(F)cc3s2)CC1. The highest BCUT2D eigenvalue weighted by molar-refractivity contribution is 7.20. The van der Waals surface area contributed by atoms with E-state index in [1.54, 1.807) is 12.1 Å². The maximum Gasteiger partial charge on any atom is 0.274 e. The summed E-state index contributed by atoms with van der Waals surface area (Å²) >= 11 is 1.13. The van der Waals surface area contributed by atoms with E-state index in [4.69, 9.17) is 4.74 Å². The molecule has 0 N–H and O–H groups in total. The van der Waals surface area contributed by atoms with Gasteiger partial charge >= 0.3 is 0 Å². The second-order valence-corrected chi connectivity index (χ2v) is 7.18. The third-order valence-corrected chi connectivity index (χ3v) is 5.30. The summed E-state index contributed by atoms with van der Waals surface area (Å²) in [7, 11) is 0. The van der Waals surface area contributed by atoms with Crippen molar-refractivity contribution >= 4 is 27.5 Å². The fourth-order valence-electron chi connectivity index (χ4n) is 3.07. The number of rotatable bonds is 3. The molecule has 0 aliphatic carbocycles. The largest absolute Gasteiger partial charge is 0.467 e. The van der Waals surface area contributed by atoms with E-state index in [9.17, 15) is 13.6 Å². The first kappa shape index (κ1) is 16.9. The van der Waals surface area contributed by atoms with Crippen LogP contribution in [-0.2, 0) is 0 Å². The molecule has 4 nitrogen and oxygen atoms in total. The number of halogens is 2. The molecule has 1 aromatic heterocycles. The van der Waals surface area contributed by atoms with Crippen LogP contribution in [0.5, 0.6) is 5.19 Å². The quantitative estimate of drug-likeness (QED) is 0.688. The van der Waals surface area contributed by atoms with Gasteiger partial charge in [0.2, 0.25) is 0 Å². The van der Waals surface area contributed by atoms with Gasteiger partial charge in [-0.05, 0) is 18.2 Å². The second-order valence-electron chi connectivity index (χ2n) is 6.19. The molecule has 4 rings (SSSR count). The Hall–Kier alpha value is -2.54. The van der Waals surface area contributed by atoms with Crippen molar-refractivity contribution in [2.45, 2.75) is 18.9 Å². The lowest BCUT2D eigenvalue weighted by Gasteiger charge is -2.31. The predicted molar refractivity (Wildman–Crippen MR) is 95.5 cm³/mol. The minimum absolute atomic E-state index is 0.0154. The van der Waals surface area contributed by atoms with Crippen LogP contribution < -0.4 is 4.74 Å². The molecule has 1 amide bonds. The minimum atomic E-state index is -0.686. The molecule has 0 radical (unpaired) electrons. The Balaban J connectivity index is 1.40. The Morgan fingerprint density at radius 1 is 1.15 bits per heavy atom. The fraction of sp³-hybridized carbons (Fsp3) is 0.263. The number of hydrogen-bond donors (Lipinski definition) is 0. The van der Waals surface area contributed by atoms with Crippen molar-refractivity contribution < 1.29 is 18.3 Å². The zero-order valence-corrected chi connectivity index (χ0v) is 14.6. The molecule has 1 aliphatic heterocycles. The molecule has 2 aromatic carbocycles. The van der Waals surface area contributed by atoms with Gasteiger partial charge in [0, 0.05) is 37.6 Å². The van der Waals surface area contributed by atoms with E-state index in [1.807, 2.05) is 23.1 Å². The Labute approximate surface area is 153 Å². The van der Waals surface area contributed by atoms with E-state index in [0.29, 0.717) is 41.4 Å². The van der Waals surface area contributed by atoms with Gasteiger partial charge in [-0.1, -0.05) is 29.5 Å². The molecule has 3 aromatic rings. The number of piperidine rings is 1. The molecule has 26 heavy (non-hydrogen) atoms. The summed E-state index contributed by atoms with van der Waals surface area (Å²) in [5.41, 5.74) is 0.804. The van der Waals surface area contributed by atoms with Gasteiger partial charge in [-0.2, -0.15) is 4.98 Å². The number of amides is 1. The number of likely N-dealkylation sites (tertiary alicyclic amines) is 1. The van der Waals surface area contributed by atoms with Crippen LogP contribution in [0.25, 0.3) is 10.2 Å². The van der Waals surface area contributed by atoms with Gasteiger partial charge in [-0.25, -0.2) is 8.78 Å². The van der Waals surface area contributed by atoms with Crippen molar-refractivity contribution in [3.63, 3.8) is 0 Å². The third-order valence-electron chi connectivity index (χ3n) is 4.41. The number of thiazole rings is 1. The molecule has 1 aliphatic rings. The van der Waals surface area contributed by atoms with Crippen LogP contribution in [-0.4, -0.2) is 35.0 Å². The summed E-state index contributed by atoms with van der Waals surface area (Å²) in [6.45, 7) is 1.18. The van der Waals surface area contributed by atoms with Crippen molar-refractivity contribution in [1.82, 2.24) is 9.88 Å². The zero-order chi connectivity index (χ0) is 18.1. The van der Waals surface area contributed by atoms with Gasteiger partial charge in [0.1, 0.15) is 17.4 Å². The average Bonchev–Trinajstić information content (AvgIpc) is 3.05. The van der Waals surface area contributed by atoms with Gasteiger partial charge in [-0.3, -0.25) is 4.79 Å². The molecular formula is C19H16F2N2O2S. The summed E-state index contributed by atoms with van der Waals surface area (Å²) in [6.07, 6.45) is 1.25. The van der Waals surface area contributed by atoms with E-state index in [1.165, 1.54) is 6.07 Å². The van der Waals surface area contributed by atoms with E-state index in [2.05, 4.69) is 4.98 Å². The topological polar surface area (TPSA) is 42.4 Å². The van der Waals surface area contributed by atoms with Gasteiger partial charge in [0.25, 0.3) is 11.1 Å². The summed E-state index contributed by atoms with van der Waals surface area (Å²) < 4.78 is 33.3. The fourth-order valence-corrected chi connectivity index (χ4v) is 3.99. The number of benzene rings is 2. The Bertz CT molecular complexity index is 937. The first-order valence-corrected chi connectivity index (χ1v) is 9.18. The lowest BCUT2D eigenvalue weighted by molar-refractivity contribution is 0.0595. The molecule has 0 unspecified atom stereocenters. The lowest BCUT2D eigenvalue weighted by Crippen LogP contribution is -2.41. The molecule has 0 bridgehead atoms. The number of carbonyl (C=O) groups excluding carboxylic acids is 1. The van der Waals surface area contributed by atoms with Crippen LogP contribution >= 0.6 is 11.3 Å².